The monoisotopic (exact) mass is 438 g/mol. The Morgan fingerprint density at radius 1 is 0.969 bits per heavy atom. The minimum absolute atomic E-state index is 0.0537. The first-order valence-electron chi connectivity index (χ1n) is 11.0. The molecule has 0 heterocycles. The van der Waals surface area contributed by atoms with Crippen LogP contribution in [0.5, 0.6) is 0 Å². The second-order valence-electron chi connectivity index (χ2n) is 8.39. The lowest BCUT2D eigenvalue weighted by atomic mass is 9.98. The summed E-state index contributed by atoms with van der Waals surface area (Å²) in [6, 6.07) is 14.8. The van der Waals surface area contributed by atoms with Gasteiger partial charge in [0.25, 0.3) is 0 Å². The van der Waals surface area contributed by atoms with Crippen molar-refractivity contribution in [2.45, 2.75) is 51.6 Å². The minimum atomic E-state index is -0.985. The van der Waals surface area contributed by atoms with E-state index in [1.165, 1.54) is 0 Å². The number of fused-ring (bicyclic) bond motifs is 3. The average molecular weight is 439 g/mol. The van der Waals surface area contributed by atoms with Crippen LogP contribution >= 0.6 is 0 Å². The van der Waals surface area contributed by atoms with Gasteiger partial charge in [0.15, 0.2) is 0 Å². The number of rotatable bonds is 9. The molecule has 2 atom stereocenters. The van der Waals surface area contributed by atoms with E-state index in [9.17, 15) is 14.4 Å². The predicted molar refractivity (Wildman–Crippen MR) is 121 cm³/mol. The highest BCUT2D eigenvalue weighted by Crippen LogP contribution is 2.44. The maximum absolute atomic E-state index is 12.6. The summed E-state index contributed by atoms with van der Waals surface area (Å²) in [5.41, 5.74) is 4.50. The first kappa shape index (κ1) is 23.3. The molecule has 0 spiro atoms. The Morgan fingerprint density at radius 2 is 1.53 bits per heavy atom. The number of carboxylic acid groups (broad SMARTS) is 1. The molecule has 2 aromatic carbocycles. The van der Waals surface area contributed by atoms with Crippen molar-refractivity contribution in [2.75, 3.05) is 6.61 Å². The molecular formula is C25H30N2O5. The number of carboxylic acids is 1. The number of alkyl carbamates (subject to hydrolysis) is 1. The van der Waals surface area contributed by atoms with Crippen molar-refractivity contribution in [2.24, 2.45) is 5.92 Å². The first-order chi connectivity index (χ1) is 15.3. The molecule has 0 bridgehead atoms. The zero-order valence-corrected chi connectivity index (χ0v) is 18.6. The Hall–Kier alpha value is -3.35. The van der Waals surface area contributed by atoms with Crippen molar-refractivity contribution in [1.29, 1.82) is 0 Å². The number of hydrogen-bond donors (Lipinski definition) is 3. The lowest BCUT2D eigenvalue weighted by Gasteiger charge is -2.24. The Balaban J connectivity index is 1.61. The van der Waals surface area contributed by atoms with Crippen LogP contribution in [0, 0.1) is 5.92 Å². The fourth-order valence-corrected chi connectivity index (χ4v) is 4.06. The quantitative estimate of drug-likeness (QED) is 0.550. The van der Waals surface area contributed by atoms with Gasteiger partial charge in [0, 0.05) is 12.0 Å². The third kappa shape index (κ3) is 5.28. The summed E-state index contributed by atoms with van der Waals surface area (Å²) >= 11 is 0. The highest BCUT2D eigenvalue weighted by Gasteiger charge is 2.30. The van der Waals surface area contributed by atoms with E-state index >= 15 is 0 Å². The Kier molecular flexibility index (Phi) is 7.51. The molecule has 1 aliphatic rings. The molecule has 0 aromatic heterocycles. The van der Waals surface area contributed by atoms with Crippen molar-refractivity contribution < 1.29 is 24.2 Å². The topological polar surface area (TPSA) is 105 Å². The van der Waals surface area contributed by atoms with Crippen LogP contribution in [0.25, 0.3) is 11.1 Å². The standard InChI is InChI=1S/C25H30N2O5/c1-4-21(24(30)26-22(15(2)3)13-23(28)29)27-25(31)32-14-20-18-11-7-5-9-16(18)17-10-6-8-12-19(17)20/h5-12,15,20-22H,4,13-14H2,1-3H3,(H,26,30)(H,27,31)(H,28,29)/t21-,22+/m1/s1. The number of aliphatic carboxylic acids is 1. The highest BCUT2D eigenvalue weighted by molar-refractivity contribution is 5.86. The maximum atomic E-state index is 12.6. The number of hydrogen-bond acceptors (Lipinski definition) is 4. The van der Waals surface area contributed by atoms with E-state index in [-0.39, 0.29) is 24.9 Å². The number of ether oxygens (including phenoxy) is 1. The van der Waals surface area contributed by atoms with Gasteiger partial charge in [0.1, 0.15) is 12.6 Å². The Morgan fingerprint density at radius 3 is 2.03 bits per heavy atom. The normalized spacial score (nSPS) is 14.2. The number of amides is 2. The third-order valence-electron chi connectivity index (χ3n) is 5.89. The molecule has 0 unspecified atom stereocenters. The highest BCUT2D eigenvalue weighted by atomic mass is 16.5. The van der Waals surface area contributed by atoms with Gasteiger partial charge < -0.3 is 20.5 Å². The average Bonchev–Trinajstić information content (AvgIpc) is 3.09. The van der Waals surface area contributed by atoms with Gasteiger partial charge in [-0.05, 0) is 34.6 Å². The molecule has 2 aromatic rings. The van der Waals surface area contributed by atoms with Crippen molar-refractivity contribution in [3.05, 3.63) is 59.7 Å². The number of carbonyl (C=O) groups excluding carboxylic acids is 2. The van der Waals surface area contributed by atoms with E-state index in [0.29, 0.717) is 6.42 Å². The summed E-state index contributed by atoms with van der Waals surface area (Å²) in [7, 11) is 0. The van der Waals surface area contributed by atoms with Gasteiger partial charge in [-0.1, -0.05) is 69.3 Å². The Bertz CT molecular complexity index is 942. The molecule has 0 saturated carbocycles. The van der Waals surface area contributed by atoms with Gasteiger partial charge in [-0.15, -0.1) is 0 Å². The molecule has 3 N–H and O–H groups in total. The first-order valence-corrected chi connectivity index (χ1v) is 11.0. The summed E-state index contributed by atoms with van der Waals surface area (Å²) in [5.74, 6) is -1.52. The summed E-state index contributed by atoms with van der Waals surface area (Å²) < 4.78 is 5.51. The fourth-order valence-electron chi connectivity index (χ4n) is 4.06. The molecule has 7 heteroatoms. The molecule has 3 rings (SSSR count). The third-order valence-corrected chi connectivity index (χ3v) is 5.89. The van der Waals surface area contributed by atoms with Gasteiger partial charge in [-0.3, -0.25) is 9.59 Å². The lowest BCUT2D eigenvalue weighted by Crippen LogP contribution is -2.51. The van der Waals surface area contributed by atoms with E-state index in [1.807, 2.05) is 50.2 Å². The molecular weight excluding hydrogens is 408 g/mol. The van der Waals surface area contributed by atoms with Gasteiger partial charge in [-0.25, -0.2) is 4.79 Å². The van der Waals surface area contributed by atoms with Crippen LogP contribution in [0.1, 0.15) is 50.7 Å². The summed E-state index contributed by atoms with van der Waals surface area (Å²) in [6.07, 6.45) is -0.494. The van der Waals surface area contributed by atoms with E-state index < -0.39 is 30.1 Å². The Labute approximate surface area is 188 Å². The van der Waals surface area contributed by atoms with E-state index in [2.05, 4.69) is 22.8 Å². The van der Waals surface area contributed by atoms with Gasteiger partial charge >= 0.3 is 12.1 Å². The number of benzene rings is 2. The number of nitrogens with one attached hydrogen (secondary N) is 2. The van der Waals surface area contributed by atoms with E-state index in [1.54, 1.807) is 6.92 Å². The zero-order chi connectivity index (χ0) is 23.3. The SMILES string of the molecule is CC[C@@H](NC(=O)OCC1c2ccccc2-c2ccccc21)C(=O)N[C@@H](CC(=O)O)C(C)C. The fraction of sp³-hybridized carbons (Fsp3) is 0.400. The molecule has 170 valence electrons. The minimum Gasteiger partial charge on any atom is -0.481 e. The number of carbonyl (C=O) groups is 3. The molecule has 7 nitrogen and oxygen atoms in total. The second-order valence-corrected chi connectivity index (χ2v) is 8.39. The van der Waals surface area contributed by atoms with Crippen molar-refractivity contribution >= 4 is 18.0 Å². The van der Waals surface area contributed by atoms with E-state index in [4.69, 9.17) is 9.84 Å². The zero-order valence-electron chi connectivity index (χ0n) is 18.6. The molecule has 32 heavy (non-hydrogen) atoms. The lowest BCUT2D eigenvalue weighted by molar-refractivity contribution is -0.138. The van der Waals surface area contributed by atoms with Crippen molar-refractivity contribution in [3.63, 3.8) is 0 Å². The van der Waals surface area contributed by atoms with Crippen LogP contribution < -0.4 is 10.6 Å². The second kappa shape index (κ2) is 10.3. The molecule has 0 saturated heterocycles. The summed E-state index contributed by atoms with van der Waals surface area (Å²) in [4.78, 5) is 36.2. The van der Waals surface area contributed by atoms with E-state index in [0.717, 1.165) is 22.3 Å². The molecule has 0 radical (unpaired) electrons. The van der Waals surface area contributed by atoms with Gasteiger partial charge in [-0.2, -0.15) is 0 Å². The van der Waals surface area contributed by atoms with Crippen LogP contribution in [-0.2, 0) is 14.3 Å². The maximum Gasteiger partial charge on any atom is 0.407 e. The molecule has 0 fully saturated rings. The van der Waals surface area contributed by atoms with Gasteiger partial charge in [0.05, 0.1) is 6.42 Å². The van der Waals surface area contributed by atoms with Crippen LogP contribution in [-0.4, -0.2) is 41.8 Å². The summed E-state index contributed by atoms with van der Waals surface area (Å²) in [5, 5.41) is 14.4. The van der Waals surface area contributed by atoms with Crippen LogP contribution in [0.2, 0.25) is 0 Å². The molecule has 2 amide bonds. The molecule has 1 aliphatic carbocycles. The molecule has 0 aliphatic heterocycles. The van der Waals surface area contributed by atoms with Crippen LogP contribution in [0.3, 0.4) is 0 Å². The van der Waals surface area contributed by atoms with Gasteiger partial charge in [0.2, 0.25) is 5.91 Å². The predicted octanol–water partition coefficient (Wildman–Crippen LogP) is 3.92. The van der Waals surface area contributed by atoms with Crippen molar-refractivity contribution in [3.8, 4) is 11.1 Å². The smallest absolute Gasteiger partial charge is 0.407 e. The van der Waals surface area contributed by atoms with Crippen molar-refractivity contribution in [1.82, 2.24) is 10.6 Å². The van der Waals surface area contributed by atoms with Crippen LogP contribution in [0.15, 0.2) is 48.5 Å². The summed E-state index contributed by atoms with van der Waals surface area (Å²) in [6.45, 7) is 5.61. The largest absolute Gasteiger partial charge is 0.481 e. The van der Waals surface area contributed by atoms with Crippen LogP contribution in [0.4, 0.5) is 4.79 Å².